The number of nitrogens with zero attached hydrogens (tertiary/aromatic N) is 2. The maximum atomic E-state index is 4.63. The summed E-state index contributed by atoms with van der Waals surface area (Å²) >= 11 is 0. The number of aromatic nitrogens is 3. The van der Waals surface area contributed by atoms with Gasteiger partial charge in [-0.3, -0.25) is 10.1 Å². The van der Waals surface area contributed by atoms with Crippen LogP contribution in [-0.2, 0) is 0 Å². The summed E-state index contributed by atoms with van der Waals surface area (Å²) in [5.74, 6) is 0. The summed E-state index contributed by atoms with van der Waals surface area (Å²) in [6.07, 6.45) is 12.5. The van der Waals surface area contributed by atoms with Crippen LogP contribution >= 0.6 is 0 Å². The van der Waals surface area contributed by atoms with E-state index in [1.807, 2.05) is 31.3 Å². The lowest BCUT2D eigenvalue weighted by Crippen LogP contribution is -2.24. The Bertz CT molecular complexity index is 1110. The minimum absolute atomic E-state index is 0.911. The number of nitrogens with one attached hydrogen (secondary N) is 1. The Balaban J connectivity index is 1.89. The van der Waals surface area contributed by atoms with E-state index in [-0.39, 0.29) is 0 Å². The van der Waals surface area contributed by atoms with Crippen molar-refractivity contribution < 1.29 is 0 Å². The van der Waals surface area contributed by atoms with E-state index >= 15 is 0 Å². The summed E-state index contributed by atoms with van der Waals surface area (Å²) < 4.78 is 0. The van der Waals surface area contributed by atoms with E-state index in [0.29, 0.717) is 0 Å². The SMILES string of the molecule is CC1=C/C=C/C=c2\ccc(-c3cn[nH]c3-c3cccc(C)n3)cc2=C1. The second-order valence-corrected chi connectivity index (χ2v) is 6.27. The van der Waals surface area contributed by atoms with Crippen molar-refractivity contribution in [2.45, 2.75) is 13.8 Å². The first-order valence-electron chi connectivity index (χ1n) is 8.35. The van der Waals surface area contributed by atoms with Crippen LogP contribution in [0, 0.1) is 6.92 Å². The molecule has 0 saturated heterocycles. The smallest absolute Gasteiger partial charge is 0.0912 e. The van der Waals surface area contributed by atoms with Gasteiger partial charge in [-0.05, 0) is 48.0 Å². The van der Waals surface area contributed by atoms with Crippen LogP contribution in [0.2, 0.25) is 0 Å². The predicted octanol–water partition coefficient (Wildman–Crippen LogP) is 3.52. The fourth-order valence-electron chi connectivity index (χ4n) is 3.06. The lowest BCUT2D eigenvalue weighted by atomic mass is 10.0. The van der Waals surface area contributed by atoms with Gasteiger partial charge in [0, 0.05) is 11.3 Å². The number of hydrogen-bond donors (Lipinski definition) is 1. The molecule has 1 aliphatic carbocycles. The molecule has 25 heavy (non-hydrogen) atoms. The molecule has 0 spiro atoms. The predicted molar refractivity (Wildman–Crippen MR) is 103 cm³/mol. The lowest BCUT2D eigenvalue weighted by molar-refractivity contribution is 1.08. The lowest BCUT2D eigenvalue weighted by Gasteiger charge is -2.05. The highest BCUT2D eigenvalue weighted by atomic mass is 15.1. The van der Waals surface area contributed by atoms with Crippen molar-refractivity contribution in [3.63, 3.8) is 0 Å². The Morgan fingerprint density at radius 1 is 0.920 bits per heavy atom. The molecule has 0 radical (unpaired) electrons. The van der Waals surface area contributed by atoms with Crippen LogP contribution in [0.5, 0.6) is 0 Å². The van der Waals surface area contributed by atoms with Gasteiger partial charge in [0.15, 0.2) is 0 Å². The molecule has 2 heterocycles. The standard InChI is InChI=1S/C22H19N3/c1-15-6-3-4-8-17-10-11-18(13-19(17)12-15)20-14-23-25-22(20)21-9-5-7-16(2)24-21/h3-14H,1-2H3,(H,23,25)/b4-3+,6-3?,8-4?,15-6?,15-12?,17-8+,19-12?. The number of H-pyrrole nitrogens is 1. The van der Waals surface area contributed by atoms with E-state index in [1.165, 1.54) is 16.0 Å². The zero-order valence-electron chi connectivity index (χ0n) is 14.3. The molecule has 0 unspecified atom stereocenters. The Morgan fingerprint density at radius 3 is 2.68 bits per heavy atom. The first kappa shape index (κ1) is 15.3. The molecule has 3 aromatic rings. The molecule has 1 aliphatic rings. The first-order chi connectivity index (χ1) is 12.2. The number of aryl methyl sites for hydroxylation is 1. The summed E-state index contributed by atoms with van der Waals surface area (Å²) in [6, 6.07) is 12.5. The van der Waals surface area contributed by atoms with Crippen LogP contribution in [0.25, 0.3) is 34.7 Å². The van der Waals surface area contributed by atoms with Crippen LogP contribution in [0.3, 0.4) is 0 Å². The molecule has 3 nitrogen and oxygen atoms in total. The van der Waals surface area contributed by atoms with E-state index in [2.05, 4.69) is 70.7 Å². The Hall–Kier alpha value is -3.20. The topological polar surface area (TPSA) is 41.6 Å². The van der Waals surface area contributed by atoms with Gasteiger partial charge in [0.1, 0.15) is 0 Å². The summed E-state index contributed by atoms with van der Waals surface area (Å²) in [6.45, 7) is 4.12. The molecule has 0 amide bonds. The molecule has 0 atom stereocenters. The van der Waals surface area contributed by atoms with Crippen molar-refractivity contribution >= 4 is 12.2 Å². The van der Waals surface area contributed by atoms with Gasteiger partial charge in [-0.2, -0.15) is 5.10 Å². The minimum atomic E-state index is 0.911. The molecule has 0 fully saturated rings. The molecule has 122 valence electrons. The zero-order valence-corrected chi connectivity index (χ0v) is 14.3. The number of rotatable bonds is 2. The average Bonchev–Trinajstić information content (AvgIpc) is 3.07. The van der Waals surface area contributed by atoms with Crippen molar-refractivity contribution in [1.29, 1.82) is 0 Å². The number of hydrogen-bond acceptors (Lipinski definition) is 2. The number of aromatic amines is 1. The van der Waals surface area contributed by atoms with Gasteiger partial charge in [0.2, 0.25) is 0 Å². The van der Waals surface area contributed by atoms with E-state index in [9.17, 15) is 0 Å². The summed E-state index contributed by atoms with van der Waals surface area (Å²) in [7, 11) is 0. The first-order valence-corrected chi connectivity index (χ1v) is 8.35. The average molecular weight is 325 g/mol. The van der Waals surface area contributed by atoms with E-state index in [1.54, 1.807) is 0 Å². The van der Waals surface area contributed by atoms with E-state index in [4.69, 9.17) is 0 Å². The van der Waals surface area contributed by atoms with Crippen molar-refractivity contribution in [3.05, 3.63) is 82.5 Å². The second kappa shape index (κ2) is 6.36. The van der Waals surface area contributed by atoms with Gasteiger partial charge in [-0.1, -0.05) is 54.2 Å². The summed E-state index contributed by atoms with van der Waals surface area (Å²) in [5, 5.41) is 9.79. The van der Waals surface area contributed by atoms with Crippen molar-refractivity contribution in [1.82, 2.24) is 15.2 Å². The second-order valence-electron chi connectivity index (χ2n) is 6.27. The van der Waals surface area contributed by atoms with Crippen molar-refractivity contribution in [3.8, 4) is 22.5 Å². The van der Waals surface area contributed by atoms with Crippen LogP contribution in [0.15, 0.2) is 66.4 Å². The van der Waals surface area contributed by atoms with Gasteiger partial charge in [-0.25, -0.2) is 0 Å². The minimum Gasteiger partial charge on any atom is -0.276 e. The molecule has 1 aromatic carbocycles. The summed E-state index contributed by atoms with van der Waals surface area (Å²) in [5.41, 5.74) is 6.28. The third-order valence-corrected chi connectivity index (χ3v) is 4.31. The molecule has 2 aromatic heterocycles. The molecule has 0 aliphatic heterocycles. The number of fused-ring (bicyclic) bond motifs is 1. The Kier molecular flexibility index (Phi) is 3.90. The molecular weight excluding hydrogens is 306 g/mol. The molecule has 0 bridgehead atoms. The zero-order chi connectivity index (χ0) is 17.2. The third-order valence-electron chi connectivity index (χ3n) is 4.31. The maximum Gasteiger partial charge on any atom is 0.0912 e. The third kappa shape index (κ3) is 3.09. The molecule has 4 rings (SSSR count). The van der Waals surface area contributed by atoms with E-state index in [0.717, 1.165) is 28.2 Å². The highest BCUT2D eigenvalue weighted by molar-refractivity contribution is 5.79. The molecular formula is C22H19N3. The Labute approximate surface area is 146 Å². The monoisotopic (exact) mass is 325 g/mol. The van der Waals surface area contributed by atoms with Crippen LogP contribution in [0.1, 0.15) is 12.6 Å². The molecule has 3 heteroatoms. The summed E-state index contributed by atoms with van der Waals surface area (Å²) in [4.78, 5) is 4.63. The van der Waals surface area contributed by atoms with Crippen molar-refractivity contribution in [2.75, 3.05) is 0 Å². The van der Waals surface area contributed by atoms with Gasteiger partial charge in [0.05, 0.1) is 17.6 Å². The number of benzene rings is 1. The quantitative estimate of drug-likeness (QED) is 0.783. The normalized spacial score (nSPS) is 15.8. The van der Waals surface area contributed by atoms with Crippen LogP contribution in [-0.4, -0.2) is 15.2 Å². The van der Waals surface area contributed by atoms with Gasteiger partial charge in [-0.15, -0.1) is 0 Å². The maximum absolute atomic E-state index is 4.63. The largest absolute Gasteiger partial charge is 0.276 e. The fourth-order valence-corrected chi connectivity index (χ4v) is 3.06. The van der Waals surface area contributed by atoms with Crippen LogP contribution in [0.4, 0.5) is 0 Å². The van der Waals surface area contributed by atoms with Crippen molar-refractivity contribution in [2.24, 2.45) is 0 Å². The highest BCUT2D eigenvalue weighted by Gasteiger charge is 2.11. The Morgan fingerprint density at radius 2 is 1.80 bits per heavy atom. The van der Waals surface area contributed by atoms with Gasteiger partial charge >= 0.3 is 0 Å². The van der Waals surface area contributed by atoms with Gasteiger partial charge in [0.25, 0.3) is 0 Å². The van der Waals surface area contributed by atoms with Gasteiger partial charge < -0.3 is 0 Å². The fraction of sp³-hybridized carbons (Fsp3) is 0.0909. The number of allylic oxidation sites excluding steroid dienone is 4. The molecule has 1 N–H and O–H groups in total. The highest BCUT2D eigenvalue weighted by Crippen LogP contribution is 2.27. The van der Waals surface area contributed by atoms with Crippen LogP contribution < -0.4 is 10.4 Å². The molecule has 0 saturated carbocycles. The number of pyridine rings is 1. The van der Waals surface area contributed by atoms with E-state index < -0.39 is 0 Å².